The Morgan fingerprint density at radius 3 is 2.68 bits per heavy atom. The molecule has 19 heavy (non-hydrogen) atoms. The van der Waals surface area contributed by atoms with Crippen LogP contribution in [-0.4, -0.2) is 54.2 Å². The van der Waals surface area contributed by atoms with Crippen LogP contribution in [0.4, 0.5) is 0 Å². The van der Waals surface area contributed by atoms with Gasteiger partial charge in [-0.25, -0.2) is 0 Å². The normalized spacial score (nSPS) is 17.2. The zero-order valence-corrected chi connectivity index (χ0v) is 11.0. The predicted molar refractivity (Wildman–Crippen MR) is 74.3 cm³/mol. The van der Waals surface area contributed by atoms with E-state index in [1.54, 1.807) is 18.2 Å². The first-order valence-electron chi connectivity index (χ1n) is 6.52. The smallest absolute Gasteiger partial charge is 0.423 e. The van der Waals surface area contributed by atoms with Gasteiger partial charge in [-0.1, -0.05) is 12.1 Å². The van der Waals surface area contributed by atoms with Crippen molar-refractivity contribution in [1.82, 2.24) is 10.2 Å². The highest BCUT2D eigenvalue weighted by molar-refractivity contribution is 6.58. The van der Waals surface area contributed by atoms with Gasteiger partial charge >= 0.3 is 7.12 Å². The summed E-state index contributed by atoms with van der Waals surface area (Å²) in [5.41, 5.74) is 0.792. The minimum atomic E-state index is -1.55. The predicted octanol–water partition coefficient (Wildman–Crippen LogP) is -0.810. The summed E-state index contributed by atoms with van der Waals surface area (Å²) in [7, 11) is 0.528. The molecule has 1 heterocycles. The van der Waals surface area contributed by atoms with Crippen LogP contribution in [0.25, 0.3) is 0 Å². The third-order valence-corrected chi connectivity index (χ3v) is 3.50. The van der Waals surface area contributed by atoms with Crippen molar-refractivity contribution < 1.29 is 14.8 Å². The molecule has 5 nitrogen and oxygen atoms in total. The Bertz CT molecular complexity index is 445. The first-order chi connectivity index (χ1) is 9.06. The van der Waals surface area contributed by atoms with Crippen molar-refractivity contribution in [2.75, 3.05) is 20.1 Å². The topological polar surface area (TPSA) is 72.8 Å². The SMILES string of the molecule is CN1CCC(NC(=O)c2cccc(B(O)O)c2)CC1. The van der Waals surface area contributed by atoms with E-state index in [0.717, 1.165) is 25.9 Å². The summed E-state index contributed by atoms with van der Waals surface area (Å²) in [6, 6.07) is 6.62. The molecule has 1 aromatic carbocycles. The number of nitrogens with one attached hydrogen (secondary N) is 1. The quantitative estimate of drug-likeness (QED) is 0.623. The van der Waals surface area contributed by atoms with Crippen molar-refractivity contribution in [3.05, 3.63) is 29.8 Å². The third-order valence-electron chi connectivity index (χ3n) is 3.50. The van der Waals surface area contributed by atoms with Crippen LogP contribution in [0.2, 0.25) is 0 Å². The zero-order valence-electron chi connectivity index (χ0n) is 11.0. The highest BCUT2D eigenvalue weighted by atomic mass is 16.4. The van der Waals surface area contributed by atoms with E-state index >= 15 is 0 Å². The maximum Gasteiger partial charge on any atom is 0.488 e. The Morgan fingerprint density at radius 2 is 2.05 bits per heavy atom. The Morgan fingerprint density at radius 1 is 1.37 bits per heavy atom. The molecule has 0 unspecified atom stereocenters. The first kappa shape index (κ1) is 14.1. The summed E-state index contributed by atoms with van der Waals surface area (Å²) in [6.45, 7) is 1.97. The lowest BCUT2D eigenvalue weighted by atomic mass is 9.79. The van der Waals surface area contributed by atoms with E-state index in [9.17, 15) is 4.79 Å². The van der Waals surface area contributed by atoms with Crippen molar-refractivity contribution >= 4 is 18.5 Å². The maximum absolute atomic E-state index is 12.1. The molecule has 0 radical (unpaired) electrons. The Balaban J connectivity index is 1.98. The molecular weight excluding hydrogens is 243 g/mol. The Kier molecular flexibility index (Phi) is 4.58. The number of carbonyl (C=O) groups excluding carboxylic acids is 1. The number of hydrogen-bond donors (Lipinski definition) is 3. The molecule has 2 rings (SSSR count). The Hall–Kier alpha value is -1.37. The minimum absolute atomic E-state index is 0.156. The number of carbonyl (C=O) groups is 1. The summed E-state index contributed by atoms with van der Waals surface area (Å²) in [5.74, 6) is -0.156. The standard InChI is InChI=1S/C13H19BN2O3/c1-16-7-5-12(6-8-16)15-13(17)10-3-2-4-11(9-10)14(18)19/h2-4,9,12,18-19H,5-8H2,1H3,(H,15,17). The van der Waals surface area contributed by atoms with Gasteiger partial charge in [-0.15, -0.1) is 0 Å². The van der Waals surface area contributed by atoms with E-state index in [1.807, 2.05) is 0 Å². The summed E-state index contributed by atoms with van der Waals surface area (Å²) >= 11 is 0. The number of piperidine rings is 1. The number of nitrogens with zero attached hydrogens (tertiary/aromatic N) is 1. The highest BCUT2D eigenvalue weighted by Gasteiger charge is 2.20. The maximum atomic E-state index is 12.1. The molecule has 0 atom stereocenters. The molecular formula is C13H19BN2O3. The summed E-state index contributed by atoms with van der Waals surface area (Å²) in [6.07, 6.45) is 1.90. The van der Waals surface area contributed by atoms with Gasteiger partial charge in [0.25, 0.3) is 5.91 Å². The molecule has 0 aromatic heterocycles. The van der Waals surface area contributed by atoms with E-state index in [-0.39, 0.29) is 11.9 Å². The van der Waals surface area contributed by atoms with Crippen molar-refractivity contribution in [2.45, 2.75) is 18.9 Å². The first-order valence-corrected chi connectivity index (χ1v) is 6.52. The number of hydrogen-bond acceptors (Lipinski definition) is 4. The summed E-state index contributed by atoms with van der Waals surface area (Å²) in [5, 5.41) is 21.2. The van der Waals surface area contributed by atoms with Gasteiger partial charge in [0, 0.05) is 11.6 Å². The van der Waals surface area contributed by atoms with Crippen molar-refractivity contribution in [3.8, 4) is 0 Å². The fourth-order valence-corrected chi connectivity index (χ4v) is 2.26. The molecule has 0 spiro atoms. The summed E-state index contributed by atoms with van der Waals surface area (Å²) in [4.78, 5) is 14.3. The molecule has 3 N–H and O–H groups in total. The van der Waals surface area contributed by atoms with E-state index in [2.05, 4.69) is 17.3 Å². The molecule has 1 aliphatic heterocycles. The minimum Gasteiger partial charge on any atom is -0.423 e. The van der Waals surface area contributed by atoms with Gasteiger partial charge < -0.3 is 20.3 Å². The van der Waals surface area contributed by atoms with Crippen molar-refractivity contribution in [2.24, 2.45) is 0 Å². The molecule has 0 aliphatic carbocycles. The molecule has 1 aliphatic rings. The largest absolute Gasteiger partial charge is 0.488 e. The van der Waals surface area contributed by atoms with Crippen LogP contribution >= 0.6 is 0 Å². The zero-order chi connectivity index (χ0) is 13.8. The second kappa shape index (κ2) is 6.19. The number of amides is 1. The average Bonchev–Trinajstić information content (AvgIpc) is 2.41. The van der Waals surface area contributed by atoms with Gasteiger partial charge in [-0.3, -0.25) is 4.79 Å². The molecule has 0 saturated carbocycles. The van der Waals surface area contributed by atoms with Crippen LogP contribution in [-0.2, 0) is 0 Å². The van der Waals surface area contributed by atoms with Crippen LogP contribution in [0.1, 0.15) is 23.2 Å². The molecule has 102 valence electrons. The fourth-order valence-electron chi connectivity index (χ4n) is 2.26. The monoisotopic (exact) mass is 262 g/mol. The van der Waals surface area contributed by atoms with Gasteiger partial charge in [0.1, 0.15) is 0 Å². The van der Waals surface area contributed by atoms with Gasteiger partial charge in [0.05, 0.1) is 0 Å². The number of benzene rings is 1. The summed E-state index contributed by atoms with van der Waals surface area (Å²) < 4.78 is 0. The second-order valence-corrected chi connectivity index (χ2v) is 5.05. The van der Waals surface area contributed by atoms with Crippen LogP contribution < -0.4 is 10.8 Å². The van der Waals surface area contributed by atoms with E-state index in [1.165, 1.54) is 6.07 Å². The van der Waals surface area contributed by atoms with Crippen molar-refractivity contribution in [1.29, 1.82) is 0 Å². The fraction of sp³-hybridized carbons (Fsp3) is 0.462. The van der Waals surface area contributed by atoms with Gasteiger partial charge in [-0.2, -0.15) is 0 Å². The second-order valence-electron chi connectivity index (χ2n) is 5.05. The van der Waals surface area contributed by atoms with Crippen LogP contribution in [0.15, 0.2) is 24.3 Å². The van der Waals surface area contributed by atoms with Gasteiger partial charge in [0.15, 0.2) is 0 Å². The molecule has 1 fully saturated rings. The lowest BCUT2D eigenvalue weighted by Crippen LogP contribution is -2.43. The van der Waals surface area contributed by atoms with Crippen LogP contribution in [0.3, 0.4) is 0 Å². The average molecular weight is 262 g/mol. The third kappa shape index (κ3) is 3.80. The van der Waals surface area contributed by atoms with Crippen LogP contribution in [0.5, 0.6) is 0 Å². The van der Waals surface area contributed by atoms with Crippen LogP contribution in [0, 0.1) is 0 Å². The molecule has 1 saturated heterocycles. The number of likely N-dealkylation sites (tertiary alicyclic amines) is 1. The van der Waals surface area contributed by atoms with Gasteiger partial charge in [-0.05, 0) is 50.6 Å². The van der Waals surface area contributed by atoms with Crippen molar-refractivity contribution in [3.63, 3.8) is 0 Å². The molecule has 1 amide bonds. The number of rotatable bonds is 3. The Labute approximate surface area is 113 Å². The highest BCUT2D eigenvalue weighted by Crippen LogP contribution is 2.09. The molecule has 1 aromatic rings. The lowest BCUT2D eigenvalue weighted by molar-refractivity contribution is 0.0917. The van der Waals surface area contributed by atoms with E-state index in [0.29, 0.717) is 11.0 Å². The van der Waals surface area contributed by atoms with Gasteiger partial charge in [0.2, 0.25) is 0 Å². The molecule has 6 heteroatoms. The lowest BCUT2D eigenvalue weighted by Gasteiger charge is -2.29. The van der Waals surface area contributed by atoms with E-state index in [4.69, 9.17) is 10.0 Å². The molecule has 0 bridgehead atoms. The van der Waals surface area contributed by atoms with E-state index < -0.39 is 7.12 Å².